The summed E-state index contributed by atoms with van der Waals surface area (Å²) in [4.78, 5) is 19.2. The van der Waals surface area contributed by atoms with Gasteiger partial charge in [-0.1, -0.05) is 11.6 Å². The summed E-state index contributed by atoms with van der Waals surface area (Å²) in [5, 5.41) is 12.3. The van der Waals surface area contributed by atoms with Gasteiger partial charge in [0.1, 0.15) is 12.4 Å². The zero-order chi connectivity index (χ0) is 14.8. The first kappa shape index (κ1) is 13.6. The first-order chi connectivity index (χ1) is 10.2. The van der Waals surface area contributed by atoms with E-state index in [0.717, 1.165) is 11.3 Å². The van der Waals surface area contributed by atoms with Crippen molar-refractivity contribution in [3.8, 4) is 5.75 Å². The van der Waals surface area contributed by atoms with E-state index in [1.807, 2.05) is 12.1 Å². The Labute approximate surface area is 124 Å². The molecule has 1 aliphatic heterocycles. The van der Waals surface area contributed by atoms with E-state index in [0.29, 0.717) is 17.6 Å². The lowest BCUT2D eigenvalue weighted by Crippen LogP contribution is -2.20. The summed E-state index contributed by atoms with van der Waals surface area (Å²) in [6.45, 7) is 0.442. The molecule has 2 aromatic rings. The Hall–Kier alpha value is -2.38. The molecule has 8 heteroatoms. The molecular formula is C13H11ClN4O3. The van der Waals surface area contributed by atoms with Gasteiger partial charge >= 0.3 is 0 Å². The minimum absolute atomic E-state index is 0.115. The largest absolute Gasteiger partial charge is 0.491 e. The van der Waals surface area contributed by atoms with Crippen LogP contribution in [-0.4, -0.2) is 27.7 Å². The molecule has 1 atom stereocenters. The molecule has 0 aliphatic carbocycles. The second-order valence-corrected chi connectivity index (χ2v) is 4.86. The summed E-state index contributed by atoms with van der Waals surface area (Å²) in [7, 11) is 0. The van der Waals surface area contributed by atoms with Crippen molar-refractivity contribution in [3.05, 3.63) is 46.7 Å². The molecule has 1 unspecified atom stereocenters. The molecule has 0 fully saturated rings. The number of fused-ring (bicyclic) bond motifs is 1. The Morgan fingerprint density at radius 3 is 2.86 bits per heavy atom. The third kappa shape index (κ3) is 2.74. The normalized spacial score (nSPS) is 16.0. The van der Waals surface area contributed by atoms with Crippen molar-refractivity contribution in [2.24, 2.45) is 0 Å². The molecule has 0 saturated carbocycles. The highest BCUT2D eigenvalue weighted by Gasteiger charge is 2.25. The van der Waals surface area contributed by atoms with Gasteiger partial charge in [0.15, 0.2) is 0 Å². The highest BCUT2D eigenvalue weighted by Crippen LogP contribution is 2.35. The number of anilines is 1. The quantitative estimate of drug-likeness (QED) is 0.591. The second kappa shape index (κ2) is 5.55. The van der Waals surface area contributed by atoms with Gasteiger partial charge in [-0.2, -0.15) is 0 Å². The van der Waals surface area contributed by atoms with E-state index >= 15 is 0 Å². The molecule has 0 spiro atoms. The van der Waals surface area contributed by atoms with Crippen LogP contribution in [0.25, 0.3) is 0 Å². The number of hydrogen-bond donors (Lipinski definition) is 3. The fraction of sp³-hybridized carbons (Fsp3) is 0.154. The molecule has 1 aromatic heterocycles. The molecular weight excluding hydrogens is 296 g/mol. The fourth-order valence-corrected chi connectivity index (χ4v) is 2.23. The first-order valence-corrected chi connectivity index (χ1v) is 6.50. The Morgan fingerprint density at radius 2 is 2.14 bits per heavy atom. The van der Waals surface area contributed by atoms with Gasteiger partial charge in [0.25, 0.3) is 5.91 Å². The van der Waals surface area contributed by atoms with Crippen molar-refractivity contribution in [2.75, 3.05) is 11.9 Å². The predicted octanol–water partition coefficient (Wildman–Crippen LogP) is 1.79. The molecule has 108 valence electrons. The standard InChI is InChI=1S/C13H11ClN4O3/c14-8-1-2-11-9(3-8)10(6-21-11)17-13-15-4-7(5-16-13)12(19)18-20/h1-5,10,20H,6H2,(H,18,19)(H,15,16,17). The molecule has 0 radical (unpaired) electrons. The van der Waals surface area contributed by atoms with Crippen molar-refractivity contribution >= 4 is 23.5 Å². The zero-order valence-electron chi connectivity index (χ0n) is 10.7. The molecule has 21 heavy (non-hydrogen) atoms. The molecule has 1 aromatic carbocycles. The van der Waals surface area contributed by atoms with Gasteiger partial charge in [0.2, 0.25) is 5.95 Å². The maximum absolute atomic E-state index is 11.2. The van der Waals surface area contributed by atoms with Crippen LogP contribution >= 0.6 is 11.6 Å². The topological polar surface area (TPSA) is 96.4 Å². The van der Waals surface area contributed by atoms with E-state index in [2.05, 4.69) is 15.3 Å². The SMILES string of the molecule is O=C(NO)c1cnc(NC2COc3ccc(Cl)cc32)nc1. The Morgan fingerprint density at radius 1 is 1.38 bits per heavy atom. The third-order valence-corrected chi connectivity index (χ3v) is 3.31. The lowest BCUT2D eigenvalue weighted by molar-refractivity contribution is 0.0705. The number of benzene rings is 1. The number of carbonyl (C=O) groups excluding carboxylic acids is 1. The number of hydrogen-bond acceptors (Lipinski definition) is 6. The maximum atomic E-state index is 11.2. The fourth-order valence-electron chi connectivity index (χ4n) is 2.05. The summed E-state index contributed by atoms with van der Waals surface area (Å²) >= 11 is 5.98. The average molecular weight is 307 g/mol. The van der Waals surface area contributed by atoms with Crippen LogP contribution in [0.1, 0.15) is 22.0 Å². The smallest absolute Gasteiger partial charge is 0.277 e. The van der Waals surface area contributed by atoms with Crippen LogP contribution in [0.15, 0.2) is 30.6 Å². The lowest BCUT2D eigenvalue weighted by atomic mass is 10.1. The average Bonchev–Trinajstić information content (AvgIpc) is 2.89. The number of rotatable bonds is 3. The van der Waals surface area contributed by atoms with E-state index in [-0.39, 0.29) is 11.6 Å². The number of nitrogens with one attached hydrogen (secondary N) is 2. The van der Waals surface area contributed by atoms with Crippen LogP contribution in [-0.2, 0) is 0 Å². The molecule has 2 heterocycles. The number of amides is 1. The monoisotopic (exact) mass is 306 g/mol. The number of halogens is 1. The van der Waals surface area contributed by atoms with Gasteiger partial charge in [-0.15, -0.1) is 0 Å². The van der Waals surface area contributed by atoms with Gasteiger partial charge in [0.05, 0.1) is 11.6 Å². The molecule has 3 N–H and O–H groups in total. The van der Waals surface area contributed by atoms with E-state index in [9.17, 15) is 4.79 Å². The van der Waals surface area contributed by atoms with Crippen LogP contribution in [0, 0.1) is 0 Å². The molecule has 3 rings (SSSR count). The molecule has 1 amide bonds. The summed E-state index contributed by atoms with van der Waals surface area (Å²) in [5.74, 6) is 0.460. The third-order valence-electron chi connectivity index (χ3n) is 3.07. The van der Waals surface area contributed by atoms with Crippen molar-refractivity contribution < 1.29 is 14.7 Å². The van der Waals surface area contributed by atoms with Crippen LogP contribution in [0.4, 0.5) is 5.95 Å². The Balaban J connectivity index is 1.77. The number of aromatic nitrogens is 2. The van der Waals surface area contributed by atoms with Gasteiger partial charge < -0.3 is 10.1 Å². The highest BCUT2D eigenvalue weighted by atomic mass is 35.5. The van der Waals surface area contributed by atoms with Crippen LogP contribution in [0.3, 0.4) is 0 Å². The number of ether oxygens (including phenoxy) is 1. The Kier molecular flexibility index (Phi) is 3.59. The van der Waals surface area contributed by atoms with Crippen LogP contribution in [0.5, 0.6) is 5.75 Å². The maximum Gasteiger partial charge on any atom is 0.277 e. The van der Waals surface area contributed by atoms with Gasteiger partial charge in [-0.05, 0) is 18.2 Å². The van der Waals surface area contributed by atoms with Crippen LogP contribution < -0.4 is 15.5 Å². The summed E-state index contributed by atoms with van der Waals surface area (Å²) < 4.78 is 5.54. The van der Waals surface area contributed by atoms with Crippen LogP contribution in [0.2, 0.25) is 5.02 Å². The van der Waals surface area contributed by atoms with Crippen molar-refractivity contribution in [1.82, 2.24) is 15.4 Å². The summed E-state index contributed by atoms with van der Waals surface area (Å²) in [6, 6.07) is 5.29. The summed E-state index contributed by atoms with van der Waals surface area (Å²) in [5.41, 5.74) is 2.61. The Bertz CT molecular complexity index is 678. The molecule has 0 bridgehead atoms. The van der Waals surface area contributed by atoms with Crippen molar-refractivity contribution in [1.29, 1.82) is 0 Å². The van der Waals surface area contributed by atoms with E-state index in [4.69, 9.17) is 21.5 Å². The van der Waals surface area contributed by atoms with Gasteiger partial charge in [-0.25, -0.2) is 15.4 Å². The minimum Gasteiger partial charge on any atom is -0.491 e. The second-order valence-electron chi connectivity index (χ2n) is 4.43. The molecule has 1 aliphatic rings. The van der Waals surface area contributed by atoms with E-state index < -0.39 is 5.91 Å². The minimum atomic E-state index is -0.664. The van der Waals surface area contributed by atoms with E-state index in [1.165, 1.54) is 17.9 Å². The highest BCUT2D eigenvalue weighted by molar-refractivity contribution is 6.30. The number of carbonyl (C=O) groups is 1. The van der Waals surface area contributed by atoms with Crippen molar-refractivity contribution in [3.63, 3.8) is 0 Å². The number of nitrogens with zero attached hydrogens (tertiary/aromatic N) is 2. The van der Waals surface area contributed by atoms with Crippen molar-refractivity contribution in [2.45, 2.75) is 6.04 Å². The van der Waals surface area contributed by atoms with E-state index in [1.54, 1.807) is 6.07 Å². The summed E-state index contributed by atoms with van der Waals surface area (Å²) in [6.07, 6.45) is 2.63. The first-order valence-electron chi connectivity index (χ1n) is 6.12. The zero-order valence-corrected chi connectivity index (χ0v) is 11.5. The molecule has 0 saturated heterocycles. The van der Waals surface area contributed by atoms with Gasteiger partial charge in [0, 0.05) is 23.0 Å². The molecule has 7 nitrogen and oxygen atoms in total. The number of hydroxylamine groups is 1. The predicted molar refractivity (Wildman–Crippen MR) is 74.6 cm³/mol. The lowest BCUT2D eigenvalue weighted by Gasteiger charge is -2.11. The van der Waals surface area contributed by atoms with Gasteiger partial charge in [-0.3, -0.25) is 10.0 Å².